The van der Waals surface area contributed by atoms with E-state index >= 15 is 0 Å². The van der Waals surface area contributed by atoms with Gasteiger partial charge in [0, 0.05) is 59.7 Å². The van der Waals surface area contributed by atoms with Gasteiger partial charge < -0.3 is 29.2 Å². The van der Waals surface area contributed by atoms with Gasteiger partial charge in [0.05, 0.1) is 18.8 Å². The summed E-state index contributed by atoms with van der Waals surface area (Å²) in [6.07, 6.45) is 8.39. The van der Waals surface area contributed by atoms with Crippen LogP contribution in [-0.4, -0.2) is 89.4 Å². The van der Waals surface area contributed by atoms with Gasteiger partial charge in [-0.15, -0.1) is 24.0 Å². The molecule has 0 saturated carbocycles. The number of piperidine rings is 1. The lowest BCUT2D eigenvalue weighted by molar-refractivity contribution is -0.0367. The zero-order chi connectivity index (χ0) is 19.4. The minimum Gasteiger partial charge on any atom is -0.381 e. The van der Waals surface area contributed by atoms with Gasteiger partial charge in [0.15, 0.2) is 5.96 Å². The molecule has 0 amide bonds. The van der Waals surface area contributed by atoms with Crippen molar-refractivity contribution in [1.82, 2.24) is 10.2 Å². The van der Waals surface area contributed by atoms with E-state index in [2.05, 4.69) is 15.2 Å². The Labute approximate surface area is 193 Å². The van der Waals surface area contributed by atoms with Gasteiger partial charge in [0.1, 0.15) is 0 Å². The molecule has 0 aromatic rings. The smallest absolute Gasteiger partial charge is 0.193 e. The number of nitrogens with one attached hydrogen (secondary N) is 1. The first-order valence-corrected chi connectivity index (χ1v) is 11.2. The minimum absolute atomic E-state index is 0. The van der Waals surface area contributed by atoms with E-state index in [0.29, 0.717) is 18.1 Å². The quantitative estimate of drug-likeness (QED) is 0.216. The van der Waals surface area contributed by atoms with E-state index in [1.807, 2.05) is 7.05 Å². The monoisotopic (exact) mass is 525 g/mol. The van der Waals surface area contributed by atoms with Crippen molar-refractivity contribution < 1.29 is 18.9 Å². The number of nitrogens with zero attached hydrogens (tertiary/aromatic N) is 2. The van der Waals surface area contributed by atoms with E-state index in [0.717, 1.165) is 104 Å². The lowest BCUT2D eigenvalue weighted by Crippen LogP contribution is -2.47. The van der Waals surface area contributed by atoms with Crippen molar-refractivity contribution in [3.05, 3.63) is 0 Å². The summed E-state index contributed by atoms with van der Waals surface area (Å²) in [5.74, 6) is 1.68. The average Bonchev–Trinajstić information content (AvgIpc) is 3.27. The minimum atomic E-state index is 0. The number of ether oxygens (including phenoxy) is 4. The van der Waals surface area contributed by atoms with Crippen molar-refractivity contribution in [2.45, 2.75) is 57.2 Å². The molecule has 1 unspecified atom stereocenters. The third-order valence-electron chi connectivity index (χ3n) is 5.94. The molecule has 3 heterocycles. The van der Waals surface area contributed by atoms with E-state index in [1.54, 1.807) is 0 Å². The van der Waals surface area contributed by atoms with E-state index in [1.165, 1.54) is 6.42 Å². The van der Waals surface area contributed by atoms with Gasteiger partial charge in [-0.2, -0.15) is 0 Å². The first-order chi connectivity index (χ1) is 13.8. The van der Waals surface area contributed by atoms with E-state index in [4.69, 9.17) is 18.9 Å². The SMILES string of the molecule is CN=C(NCCCOCC1CCOCC1)N1CCC(OCC2CCCO2)CC1.I. The molecule has 0 radical (unpaired) electrons. The van der Waals surface area contributed by atoms with Gasteiger partial charge in [0.2, 0.25) is 0 Å². The van der Waals surface area contributed by atoms with Crippen LogP contribution < -0.4 is 5.32 Å². The largest absolute Gasteiger partial charge is 0.381 e. The van der Waals surface area contributed by atoms with Crippen LogP contribution in [0.5, 0.6) is 0 Å². The Morgan fingerprint density at radius 1 is 1.07 bits per heavy atom. The standard InChI is InChI=1S/C21H39N3O4.HI/c1-22-21(23-9-3-12-26-16-18-7-14-25-15-8-18)24-10-5-19(6-11-24)28-17-20-4-2-13-27-20;/h18-20H,2-17H2,1H3,(H,22,23);1H. The summed E-state index contributed by atoms with van der Waals surface area (Å²) in [5, 5.41) is 3.48. The van der Waals surface area contributed by atoms with Gasteiger partial charge >= 0.3 is 0 Å². The van der Waals surface area contributed by atoms with E-state index in [-0.39, 0.29) is 24.0 Å². The number of likely N-dealkylation sites (tertiary alicyclic amines) is 1. The topological polar surface area (TPSA) is 64.6 Å². The zero-order valence-electron chi connectivity index (χ0n) is 18.0. The number of rotatable bonds is 9. The molecule has 0 bridgehead atoms. The summed E-state index contributed by atoms with van der Waals surface area (Å²) >= 11 is 0. The fourth-order valence-electron chi connectivity index (χ4n) is 4.12. The van der Waals surface area contributed by atoms with Crippen LogP contribution in [0, 0.1) is 5.92 Å². The fourth-order valence-corrected chi connectivity index (χ4v) is 4.12. The van der Waals surface area contributed by atoms with Crippen molar-refractivity contribution in [3.8, 4) is 0 Å². The lowest BCUT2D eigenvalue weighted by atomic mass is 10.0. The first-order valence-electron chi connectivity index (χ1n) is 11.2. The van der Waals surface area contributed by atoms with Crippen LogP contribution >= 0.6 is 24.0 Å². The van der Waals surface area contributed by atoms with Crippen LogP contribution in [0.15, 0.2) is 4.99 Å². The Hall–Kier alpha value is -0.160. The Balaban J connectivity index is 0.00000300. The van der Waals surface area contributed by atoms with Crippen LogP contribution in [0.2, 0.25) is 0 Å². The molecule has 1 atom stereocenters. The van der Waals surface area contributed by atoms with E-state index in [9.17, 15) is 0 Å². The molecule has 3 fully saturated rings. The molecule has 0 aliphatic carbocycles. The molecule has 1 N–H and O–H groups in total. The predicted octanol–water partition coefficient (Wildman–Crippen LogP) is 2.67. The summed E-state index contributed by atoms with van der Waals surface area (Å²) in [6, 6.07) is 0. The maximum atomic E-state index is 6.07. The summed E-state index contributed by atoms with van der Waals surface area (Å²) < 4.78 is 22.9. The predicted molar refractivity (Wildman–Crippen MR) is 125 cm³/mol. The molecule has 29 heavy (non-hydrogen) atoms. The maximum absolute atomic E-state index is 6.07. The molecule has 0 aromatic carbocycles. The van der Waals surface area contributed by atoms with Crippen LogP contribution in [-0.2, 0) is 18.9 Å². The fraction of sp³-hybridized carbons (Fsp3) is 0.952. The highest BCUT2D eigenvalue weighted by Crippen LogP contribution is 2.18. The van der Waals surface area contributed by atoms with Crippen molar-refractivity contribution >= 4 is 29.9 Å². The molecule has 3 aliphatic heterocycles. The van der Waals surface area contributed by atoms with Gasteiger partial charge in [-0.05, 0) is 50.9 Å². The molecule has 7 nitrogen and oxygen atoms in total. The molecular formula is C21H40IN3O4. The molecule has 0 aromatic heterocycles. The van der Waals surface area contributed by atoms with Crippen LogP contribution in [0.25, 0.3) is 0 Å². The summed E-state index contributed by atoms with van der Waals surface area (Å²) in [6.45, 7) is 8.00. The average molecular weight is 525 g/mol. The van der Waals surface area contributed by atoms with Crippen LogP contribution in [0.3, 0.4) is 0 Å². The van der Waals surface area contributed by atoms with Crippen LogP contribution in [0.4, 0.5) is 0 Å². The third kappa shape index (κ3) is 9.25. The number of halogens is 1. The maximum Gasteiger partial charge on any atom is 0.193 e. The second kappa shape index (κ2) is 14.8. The Morgan fingerprint density at radius 3 is 2.55 bits per heavy atom. The van der Waals surface area contributed by atoms with Gasteiger partial charge in [-0.3, -0.25) is 4.99 Å². The van der Waals surface area contributed by atoms with Crippen molar-refractivity contribution in [2.75, 3.05) is 66.3 Å². The number of guanidine groups is 1. The third-order valence-corrected chi connectivity index (χ3v) is 5.94. The van der Waals surface area contributed by atoms with Crippen LogP contribution in [0.1, 0.15) is 44.9 Å². The van der Waals surface area contributed by atoms with Crippen molar-refractivity contribution in [2.24, 2.45) is 10.9 Å². The zero-order valence-corrected chi connectivity index (χ0v) is 20.3. The van der Waals surface area contributed by atoms with Crippen molar-refractivity contribution in [1.29, 1.82) is 0 Å². The lowest BCUT2D eigenvalue weighted by Gasteiger charge is -2.34. The second-order valence-corrected chi connectivity index (χ2v) is 8.11. The molecule has 3 aliphatic rings. The Kier molecular flexibility index (Phi) is 12.8. The molecule has 3 rings (SSSR count). The summed E-state index contributed by atoms with van der Waals surface area (Å²) in [4.78, 5) is 6.80. The number of aliphatic imine (C=N–C) groups is 1. The summed E-state index contributed by atoms with van der Waals surface area (Å²) in [5.41, 5.74) is 0. The molecule has 170 valence electrons. The normalized spacial score (nSPS) is 24.5. The Morgan fingerprint density at radius 2 is 1.86 bits per heavy atom. The second-order valence-electron chi connectivity index (χ2n) is 8.11. The molecular weight excluding hydrogens is 485 g/mol. The van der Waals surface area contributed by atoms with E-state index < -0.39 is 0 Å². The summed E-state index contributed by atoms with van der Waals surface area (Å²) in [7, 11) is 1.87. The first kappa shape index (κ1) is 25.1. The molecule has 0 spiro atoms. The van der Waals surface area contributed by atoms with Crippen molar-refractivity contribution in [3.63, 3.8) is 0 Å². The van der Waals surface area contributed by atoms with Gasteiger partial charge in [-0.25, -0.2) is 0 Å². The highest BCUT2D eigenvalue weighted by Gasteiger charge is 2.24. The number of hydrogen-bond acceptors (Lipinski definition) is 5. The highest BCUT2D eigenvalue weighted by molar-refractivity contribution is 14.0. The Bertz CT molecular complexity index is 449. The molecule has 3 saturated heterocycles. The van der Waals surface area contributed by atoms with Gasteiger partial charge in [0.25, 0.3) is 0 Å². The van der Waals surface area contributed by atoms with Gasteiger partial charge in [-0.1, -0.05) is 0 Å². The highest BCUT2D eigenvalue weighted by atomic mass is 127. The number of hydrogen-bond donors (Lipinski definition) is 1. The molecule has 8 heteroatoms.